The first-order chi connectivity index (χ1) is 17.7. The van der Waals surface area contributed by atoms with Crippen LogP contribution >= 0.6 is 11.5 Å². The molecule has 11 nitrogen and oxygen atoms in total. The van der Waals surface area contributed by atoms with Crippen LogP contribution in [0.5, 0.6) is 5.75 Å². The third kappa shape index (κ3) is 6.01. The number of primary amides is 1. The van der Waals surface area contributed by atoms with Gasteiger partial charge >= 0.3 is 5.97 Å². The molecule has 0 aliphatic heterocycles. The second-order valence-electron chi connectivity index (χ2n) is 7.46. The van der Waals surface area contributed by atoms with Gasteiger partial charge in [0.25, 0.3) is 11.8 Å². The van der Waals surface area contributed by atoms with E-state index in [9.17, 15) is 23.6 Å². The Balaban J connectivity index is 2.20. The number of anilines is 2. The summed E-state index contributed by atoms with van der Waals surface area (Å²) in [4.78, 5) is 52.0. The predicted octanol–water partition coefficient (Wildman–Crippen LogP) is 2.04. The summed E-state index contributed by atoms with van der Waals surface area (Å²) in [6, 6.07) is 9.83. The number of nitrogens with zero attached hydrogens (tertiary/aromatic N) is 2. The van der Waals surface area contributed by atoms with Crippen molar-refractivity contribution in [2.24, 2.45) is 5.73 Å². The number of hydrogen-bond donors (Lipinski definition) is 3. The molecule has 5 N–H and O–H groups in total. The Morgan fingerprint density at radius 1 is 1.14 bits per heavy atom. The van der Waals surface area contributed by atoms with Crippen LogP contribution in [-0.2, 0) is 14.3 Å². The minimum absolute atomic E-state index is 0.106. The van der Waals surface area contributed by atoms with Crippen LogP contribution in [0.4, 0.5) is 15.8 Å². The van der Waals surface area contributed by atoms with Crippen molar-refractivity contribution in [3.05, 3.63) is 70.5 Å². The van der Waals surface area contributed by atoms with Crippen molar-refractivity contribution >= 4 is 46.6 Å². The second-order valence-corrected chi connectivity index (χ2v) is 8.24. The van der Waals surface area contributed by atoms with Crippen molar-refractivity contribution < 1.29 is 33.0 Å². The minimum Gasteiger partial charge on any atom is -0.495 e. The number of hydrogen-bond acceptors (Lipinski definition) is 9. The zero-order valence-corrected chi connectivity index (χ0v) is 20.7. The van der Waals surface area contributed by atoms with E-state index in [0.29, 0.717) is 11.5 Å². The van der Waals surface area contributed by atoms with E-state index in [1.54, 1.807) is 25.1 Å². The number of nitrogens with one attached hydrogen (secondary N) is 1. The molecule has 0 spiro atoms. The number of amides is 3. The highest BCUT2D eigenvalue weighted by Gasteiger charge is 2.37. The topological polar surface area (TPSA) is 167 Å². The van der Waals surface area contributed by atoms with E-state index in [0.717, 1.165) is 17.0 Å². The van der Waals surface area contributed by atoms with Crippen LogP contribution in [0.2, 0.25) is 0 Å². The molecule has 3 aromatic rings. The molecule has 3 rings (SSSR count). The number of methoxy groups -OCH3 is 1. The highest BCUT2D eigenvalue weighted by molar-refractivity contribution is 7.09. The van der Waals surface area contributed by atoms with Gasteiger partial charge in [0.1, 0.15) is 29.0 Å². The third-order valence-electron chi connectivity index (χ3n) is 5.12. The Morgan fingerprint density at radius 3 is 2.41 bits per heavy atom. The molecular formula is C24H24FN5O6S. The van der Waals surface area contributed by atoms with Gasteiger partial charge in [-0.25, -0.2) is 4.39 Å². The van der Waals surface area contributed by atoms with Gasteiger partial charge in [0.05, 0.1) is 25.1 Å². The van der Waals surface area contributed by atoms with Crippen molar-refractivity contribution in [3.63, 3.8) is 0 Å². The molecule has 1 aromatic heterocycles. The van der Waals surface area contributed by atoms with Crippen LogP contribution in [-0.4, -0.2) is 48.3 Å². The number of halogens is 1. The molecule has 0 aliphatic carbocycles. The largest absolute Gasteiger partial charge is 0.495 e. The summed E-state index contributed by atoms with van der Waals surface area (Å²) in [5.41, 5.74) is 11.1. The Kier molecular flexibility index (Phi) is 8.74. The van der Waals surface area contributed by atoms with Crippen LogP contribution in [0.25, 0.3) is 0 Å². The molecule has 0 saturated heterocycles. The molecule has 1 atom stereocenters. The Hall–Kier alpha value is -4.52. The summed E-state index contributed by atoms with van der Waals surface area (Å²) in [6.45, 7) is 1.24. The zero-order chi connectivity index (χ0) is 27.1. The van der Waals surface area contributed by atoms with Crippen LogP contribution in [0.3, 0.4) is 0 Å². The molecule has 0 radical (unpaired) electrons. The van der Waals surface area contributed by atoms with E-state index in [2.05, 4.69) is 9.69 Å². The van der Waals surface area contributed by atoms with Crippen molar-refractivity contribution in [2.75, 3.05) is 30.9 Å². The Labute approximate surface area is 215 Å². The van der Waals surface area contributed by atoms with Gasteiger partial charge in [-0.05, 0) is 48.3 Å². The summed E-state index contributed by atoms with van der Waals surface area (Å²) in [7, 11) is 1.38. The lowest BCUT2D eigenvalue weighted by atomic mass is 10.0. The number of benzene rings is 2. The average Bonchev–Trinajstić information content (AvgIpc) is 3.28. The molecule has 37 heavy (non-hydrogen) atoms. The van der Waals surface area contributed by atoms with Crippen LogP contribution in [0.15, 0.2) is 48.5 Å². The molecule has 0 saturated carbocycles. The first-order valence-electron chi connectivity index (χ1n) is 10.9. The maximum atomic E-state index is 14.0. The summed E-state index contributed by atoms with van der Waals surface area (Å²) in [5.74, 6) is -3.56. The summed E-state index contributed by atoms with van der Waals surface area (Å²) in [5, 5.41) is 2.45. The molecule has 2 aromatic carbocycles. The van der Waals surface area contributed by atoms with Crippen molar-refractivity contribution in [1.82, 2.24) is 9.69 Å². The van der Waals surface area contributed by atoms with Gasteiger partial charge in [-0.2, -0.15) is 4.37 Å². The number of nitrogens with two attached hydrogens (primary N) is 2. The Bertz CT molecular complexity index is 1310. The molecule has 1 heterocycles. The molecule has 0 unspecified atom stereocenters. The van der Waals surface area contributed by atoms with E-state index in [1.165, 1.54) is 25.3 Å². The number of carbonyl (C=O) groups excluding carboxylic acids is 4. The lowest BCUT2D eigenvalue weighted by Crippen LogP contribution is -2.45. The van der Waals surface area contributed by atoms with Crippen LogP contribution in [0, 0.1) is 5.82 Å². The van der Waals surface area contributed by atoms with Gasteiger partial charge < -0.3 is 26.3 Å². The maximum Gasteiger partial charge on any atom is 0.325 e. The van der Waals surface area contributed by atoms with Gasteiger partial charge in [-0.3, -0.25) is 24.1 Å². The van der Waals surface area contributed by atoms with E-state index >= 15 is 0 Å². The normalized spacial score (nSPS) is 11.3. The summed E-state index contributed by atoms with van der Waals surface area (Å²) in [6.07, 6.45) is 0. The molecule has 13 heteroatoms. The van der Waals surface area contributed by atoms with E-state index in [-0.39, 0.29) is 39.9 Å². The number of carbonyl (C=O) groups is 4. The van der Waals surface area contributed by atoms with Gasteiger partial charge in [0.15, 0.2) is 5.69 Å². The summed E-state index contributed by atoms with van der Waals surface area (Å²) >= 11 is 0.627. The number of rotatable bonds is 10. The fraction of sp³-hybridized carbons (Fsp3) is 0.208. The van der Waals surface area contributed by atoms with Gasteiger partial charge in [0, 0.05) is 0 Å². The number of para-hydroxylation sites is 2. The average molecular weight is 530 g/mol. The van der Waals surface area contributed by atoms with Gasteiger partial charge in [-0.15, -0.1) is 0 Å². The number of aromatic nitrogens is 1. The first kappa shape index (κ1) is 27.1. The lowest BCUT2D eigenvalue weighted by Gasteiger charge is -2.32. The quantitative estimate of drug-likeness (QED) is 0.335. The second kappa shape index (κ2) is 11.9. The Morgan fingerprint density at radius 2 is 1.81 bits per heavy atom. The summed E-state index contributed by atoms with van der Waals surface area (Å²) < 4.78 is 27.9. The molecular weight excluding hydrogens is 505 g/mol. The SMILES string of the molecule is CCOC(=O)CNC(=O)[C@H](c1ccc(F)cc1)N(C(=O)c1snc(C(N)=O)c1N)c1ccccc1OC. The van der Waals surface area contributed by atoms with E-state index in [4.69, 9.17) is 20.9 Å². The van der Waals surface area contributed by atoms with Crippen LogP contribution in [0.1, 0.15) is 38.7 Å². The zero-order valence-electron chi connectivity index (χ0n) is 19.9. The third-order valence-corrected chi connectivity index (χ3v) is 5.97. The monoisotopic (exact) mass is 529 g/mol. The predicted molar refractivity (Wildman–Crippen MR) is 134 cm³/mol. The molecule has 3 amide bonds. The highest BCUT2D eigenvalue weighted by atomic mass is 32.1. The molecule has 0 aliphatic rings. The number of esters is 1. The molecule has 0 fully saturated rings. The number of nitrogen functional groups attached to an aromatic ring is 1. The van der Waals surface area contributed by atoms with Crippen molar-refractivity contribution in [3.8, 4) is 5.75 Å². The maximum absolute atomic E-state index is 14.0. The highest BCUT2D eigenvalue weighted by Crippen LogP contribution is 2.37. The van der Waals surface area contributed by atoms with E-state index in [1.807, 2.05) is 0 Å². The smallest absolute Gasteiger partial charge is 0.325 e. The van der Waals surface area contributed by atoms with Crippen molar-refractivity contribution in [1.29, 1.82) is 0 Å². The number of ether oxygens (including phenoxy) is 2. The fourth-order valence-electron chi connectivity index (χ4n) is 3.46. The van der Waals surface area contributed by atoms with E-state index < -0.39 is 42.1 Å². The standard InChI is InChI=1S/C24H24FN5O6S/c1-3-36-17(31)12-28-23(33)20(13-8-10-14(25)11-9-13)30(15-6-4-5-7-16(15)35-2)24(34)21-18(26)19(22(27)32)29-37-21/h4-11,20H,3,12,26H2,1-2H3,(H2,27,32)(H,28,33)/t20-/m0/s1. The van der Waals surface area contributed by atoms with Gasteiger partial charge in [0.2, 0.25) is 5.91 Å². The molecule has 0 bridgehead atoms. The first-order valence-corrected chi connectivity index (χ1v) is 11.7. The van der Waals surface area contributed by atoms with Crippen LogP contribution < -0.4 is 26.4 Å². The lowest BCUT2D eigenvalue weighted by molar-refractivity contribution is -0.143. The van der Waals surface area contributed by atoms with Crippen molar-refractivity contribution in [2.45, 2.75) is 13.0 Å². The fourth-order valence-corrected chi connectivity index (χ4v) is 4.21. The molecule has 194 valence electrons. The van der Waals surface area contributed by atoms with Gasteiger partial charge in [-0.1, -0.05) is 24.3 Å². The minimum atomic E-state index is -1.43.